The summed E-state index contributed by atoms with van der Waals surface area (Å²) in [4.78, 5) is 3.81. The Morgan fingerprint density at radius 3 is 2.33 bits per heavy atom. The van der Waals surface area contributed by atoms with Gasteiger partial charge in [0, 0.05) is 17.3 Å². The molecule has 0 saturated carbocycles. The van der Waals surface area contributed by atoms with Gasteiger partial charge in [-0.1, -0.05) is 24.3 Å². The van der Waals surface area contributed by atoms with Crippen LogP contribution in [0.15, 0.2) is 54.7 Å². The number of ether oxygens (including phenoxy) is 2. The summed E-state index contributed by atoms with van der Waals surface area (Å²) in [7, 11) is -3.79. The molecular weight excluding hydrogens is 521 g/mol. The largest absolute Gasteiger partial charge is 0.486 e. The van der Waals surface area contributed by atoms with E-state index in [-0.39, 0.29) is 28.3 Å². The smallest absolute Gasteiger partial charge is 0.416 e. The van der Waals surface area contributed by atoms with Crippen LogP contribution in [-0.2, 0) is 22.8 Å². The third-order valence-electron chi connectivity index (χ3n) is 4.59. The summed E-state index contributed by atoms with van der Waals surface area (Å²) in [5.41, 5.74) is -1.44. The number of nitrogens with one attached hydrogen (secondary N) is 1. The monoisotopic (exact) mass is 538 g/mol. The molecule has 1 heterocycles. The number of hydrogen-bond acceptors (Lipinski definition) is 5. The number of aromatic nitrogens is 1. The van der Waals surface area contributed by atoms with Gasteiger partial charge in [0.25, 0.3) is 0 Å². The number of halogens is 7. The van der Waals surface area contributed by atoms with E-state index in [2.05, 4.69) is 4.98 Å². The van der Waals surface area contributed by atoms with Crippen molar-refractivity contribution in [2.24, 2.45) is 0 Å². The van der Waals surface area contributed by atoms with E-state index in [1.54, 1.807) is 4.72 Å². The summed E-state index contributed by atoms with van der Waals surface area (Å²) in [5, 5.41) is 0. The van der Waals surface area contributed by atoms with Gasteiger partial charge in [0.2, 0.25) is 15.9 Å². The average Bonchev–Trinajstić information content (AvgIpc) is 2.76. The summed E-state index contributed by atoms with van der Waals surface area (Å²) < 4.78 is 127. The van der Waals surface area contributed by atoms with Crippen LogP contribution >= 0.6 is 0 Å². The molecule has 0 unspecified atom stereocenters. The first-order chi connectivity index (χ1) is 16.7. The fourth-order valence-corrected chi connectivity index (χ4v) is 4.08. The lowest BCUT2D eigenvalue weighted by molar-refractivity contribution is -0.137. The van der Waals surface area contributed by atoms with Gasteiger partial charge in [-0.3, -0.25) is 4.72 Å². The van der Waals surface area contributed by atoms with Gasteiger partial charge in [-0.15, -0.1) is 0 Å². The van der Waals surface area contributed by atoms with Crippen molar-refractivity contribution in [3.8, 4) is 22.8 Å². The number of methoxy groups -OCH3 is 1. The Morgan fingerprint density at radius 2 is 1.69 bits per heavy atom. The first-order valence-electron chi connectivity index (χ1n) is 9.87. The van der Waals surface area contributed by atoms with Crippen LogP contribution in [0.4, 0.5) is 36.4 Å². The molecule has 0 radical (unpaired) electrons. The standard InChI is InChI=1S/C22H17F7N2O4S/c1-34-20-17(31-36(32,33)12-21(24,25)26)9-14(10-30-20)16-6-3-7-18(19(16)23)35-11-13-4-2-5-15(8-13)22(27,28)29/h2-10,31H,11-12H2,1H3. The molecule has 194 valence electrons. The van der Waals surface area contributed by atoms with Crippen molar-refractivity contribution < 1.29 is 48.6 Å². The van der Waals surface area contributed by atoms with E-state index in [1.165, 1.54) is 30.3 Å². The normalized spacial score (nSPS) is 12.3. The fraction of sp³-hybridized carbons (Fsp3) is 0.227. The van der Waals surface area contributed by atoms with Gasteiger partial charge in [0.15, 0.2) is 17.3 Å². The Labute approximate surface area is 200 Å². The summed E-state index contributed by atoms with van der Waals surface area (Å²) in [5.74, 6) is -3.82. The van der Waals surface area contributed by atoms with E-state index in [0.29, 0.717) is 0 Å². The van der Waals surface area contributed by atoms with E-state index in [4.69, 9.17) is 9.47 Å². The van der Waals surface area contributed by atoms with Crippen molar-refractivity contribution in [1.29, 1.82) is 0 Å². The predicted molar refractivity (Wildman–Crippen MR) is 115 cm³/mol. The van der Waals surface area contributed by atoms with Crippen molar-refractivity contribution >= 4 is 15.7 Å². The van der Waals surface area contributed by atoms with Crippen LogP contribution in [0.5, 0.6) is 11.6 Å². The third-order valence-corrected chi connectivity index (χ3v) is 5.82. The van der Waals surface area contributed by atoms with Crippen LogP contribution in [0.3, 0.4) is 0 Å². The SMILES string of the molecule is COc1ncc(-c2cccc(OCc3cccc(C(F)(F)F)c3)c2F)cc1NS(=O)(=O)CC(F)(F)F. The molecule has 3 aromatic rings. The maximum Gasteiger partial charge on any atom is 0.416 e. The predicted octanol–water partition coefficient (Wildman–Crippen LogP) is 5.80. The molecule has 14 heteroatoms. The molecule has 36 heavy (non-hydrogen) atoms. The van der Waals surface area contributed by atoms with Gasteiger partial charge < -0.3 is 9.47 Å². The molecule has 0 atom stereocenters. The first-order valence-corrected chi connectivity index (χ1v) is 11.5. The minimum atomic E-state index is -5.01. The highest BCUT2D eigenvalue weighted by molar-refractivity contribution is 7.92. The van der Waals surface area contributed by atoms with Crippen molar-refractivity contribution in [3.63, 3.8) is 0 Å². The van der Waals surface area contributed by atoms with Crippen LogP contribution < -0.4 is 14.2 Å². The van der Waals surface area contributed by atoms with E-state index in [1.807, 2.05) is 0 Å². The van der Waals surface area contributed by atoms with Gasteiger partial charge in [-0.2, -0.15) is 26.3 Å². The van der Waals surface area contributed by atoms with Gasteiger partial charge in [0.1, 0.15) is 12.3 Å². The molecule has 0 aliphatic carbocycles. The van der Waals surface area contributed by atoms with Gasteiger partial charge in [0.05, 0.1) is 12.7 Å². The lowest BCUT2D eigenvalue weighted by Gasteiger charge is -2.15. The van der Waals surface area contributed by atoms with Gasteiger partial charge in [-0.25, -0.2) is 17.8 Å². The molecule has 1 aromatic heterocycles. The highest BCUT2D eigenvalue weighted by Crippen LogP contribution is 2.34. The molecule has 0 amide bonds. The van der Waals surface area contributed by atoms with Gasteiger partial charge >= 0.3 is 12.4 Å². The Balaban J connectivity index is 1.88. The molecular formula is C22H17F7N2O4S. The zero-order valence-corrected chi connectivity index (χ0v) is 19.1. The topological polar surface area (TPSA) is 77.5 Å². The maximum absolute atomic E-state index is 15.2. The zero-order valence-electron chi connectivity index (χ0n) is 18.2. The molecule has 3 rings (SSSR count). The zero-order chi connectivity index (χ0) is 26.7. The number of sulfonamides is 1. The van der Waals surface area contributed by atoms with E-state index in [9.17, 15) is 34.8 Å². The van der Waals surface area contributed by atoms with Gasteiger partial charge in [-0.05, 0) is 29.8 Å². The molecule has 0 saturated heterocycles. The molecule has 0 spiro atoms. The Morgan fingerprint density at radius 1 is 1.00 bits per heavy atom. The quantitative estimate of drug-likeness (QED) is 0.367. The summed E-state index contributed by atoms with van der Waals surface area (Å²) in [6, 6.07) is 9.14. The fourth-order valence-electron chi connectivity index (χ4n) is 3.10. The Kier molecular flexibility index (Phi) is 7.67. The average molecular weight is 538 g/mol. The minimum absolute atomic E-state index is 0.0393. The Bertz CT molecular complexity index is 1340. The lowest BCUT2D eigenvalue weighted by atomic mass is 10.1. The second-order valence-electron chi connectivity index (χ2n) is 7.36. The van der Waals surface area contributed by atoms with E-state index < -0.39 is 51.8 Å². The van der Waals surface area contributed by atoms with Crippen LogP contribution in [0.25, 0.3) is 11.1 Å². The van der Waals surface area contributed by atoms with Crippen molar-refractivity contribution in [2.45, 2.75) is 19.0 Å². The molecule has 0 aliphatic heterocycles. The molecule has 2 aromatic carbocycles. The lowest BCUT2D eigenvalue weighted by Crippen LogP contribution is -2.28. The first kappa shape index (κ1) is 27.0. The Hall–Kier alpha value is -3.55. The summed E-state index contributed by atoms with van der Waals surface area (Å²) >= 11 is 0. The van der Waals surface area contributed by atoms with Crippen molar-refractivity contribution in [3.05, 3.63) is 71.7 Å². The number of pyridine rings is 1. The molecule has 6 nitrogen and oxygen atoms in total. The second-order valence-corrected chi connectivity index (χ2v) is 9.08. The number of rotatable bonds is 8. The molecule has 1 N–H and O–H groups in total. The highest BCUT2D eigenvalue weighted by Gasteiger charge is 2.35. The number of anilines is 1. The van der Waals surface area contributed by atoms with Crippen LogP contribution in [0, 0.1) is 5.82 Å². The number of hydrogen-bond donors (Lipinski definition) is 1. The number of alkyl halides is 6. The molecule has 0 aliphatic rings. The number of benzene rings is 2. The van der Waals surface area contributed by atoms with Crippen molar-refractivity contribution in [2.75, 3.05) is 17.6 Å². The maximum atomic E-state index is 15.2. The van der Waals surface area contributed by atoms with E-state index >= 15 is 4.39 Å². The molecule has 0 bridgehead atoms. The highest BCUT2D eigenvalue weighted by atomic mass is 32.2. The minimum Gasteiger partial charge on any atom is -0.486 e. The number of nitrogens with zero attached hydrogens (tertiary/aromatic N) is 1. The summed E-state index contributed by atoms with van der Waals surface area (Å²) in [6.07, 6.45) is -8.49. The third kappa shape index (κ3) is 6.99. The van der Waals surface area contributed by atoms with Crippen LogP contribution in [-0.4, -0.2) is 32.4 Å². The van der Waals surface area contributed by atoms with Crippen LogP contribution in [0.2, 0.25) is 0 Å². The van der Waals surface area contributed by atoms with Crippen LogP contribution in [0.1, 0.15) is 11.1 Å². The second kappa shape index (κ2) is 10.2. The van der Waals surface area contributed by atoms with E-state index in [0.717, 1.165) is 31.5 Å². The summed E-state index contributed by atoms with van der Waals surface area (Å²) in [6.45, 7) is -0.395. The molecule has 0 fully saturated rings. The van der Waals surface area contributed by atoms with Crippen molar-refractivity contribution in [1.82, 2.24) is 4.98 Å².